The minimum atomic E-state index is -3.71. The molecule has 0 aliphatic heterocycles. The largest absolute Gasteiger partial charge is 0.490 e. The van der Waals surface area contributed by atoms with Gasteiger partial charge in [-0.1, -0.05) is 13.8 Å². The zero-order chi connectivity index (χ0) is 18.4. The number of hydrogen-bond donors (Lipinski definition) is 2. The highest BCUT2D eigenvalue weighted by Crippen LogP contribution is 2.31. The van der Waals surface area contributed by atoms with Gasteiger partial charge < -0.3 is 15.2 Å². The zero-order valence-corrected chi connectivity index (χ0v) is 16.1. The molecule has 1 atom stereocenters. The zero-order valence-electron chi connectivity index (χ0n) is 15.3. The summed E-state index contributed by atoms with van der Waals surface area (Å²) in [4.78, 5) is 0.137. The number of rotatable bonds is 10. The van der Waals surface area contributed by atoms with Gasteiger partial charge in [-0.25, -0.2) is 13.1 Å². The monoisotopic (exact) mass is 358 g/mol. The molecule has 0 amide bonds. The molecular weight excluding hydrogens is 328 g/mol. The molecule has 138 valence electrons. The number of nitrogens with one attached hydrogen (secondary N) is 1. The first-order chi connectivity index (χ1) is 11.2. The average Bonchev–Trinajstić information content (AvgIpc) is 2.48. The van der Waals surface area contributed by atoms with Gasteiger partial charge in [0.05, 0.1) is 18.1 Å². The molecule has 1 rings (SSSR count). The Morgan fingerprint density at radius 3 is 2.25 bits per heavy atom. The number of hydrogen-bond acceptors (Lipinski definition) is 5. The molecule has 0 fully saturated rings. The van der Waals surface area contributed by atoms with E-state index in [0.29, 0.717) is 37.1 Å². The summed E-state index contributed by atoms with van der Waals surface area (Å²) in [6.07, 6.45) is 0.651. The minimum absolute atomic E-state index is 0.137. The van der Waals surface area contributed by atoms with Crippen molar-refractivity contribution in [1.82, 2.24) is 4.72 Å². The maximum Gasteiger partial charge on any atom is 0.241 e. The quantitative estimate of drug-likeness (QED) is 0.671. The van der Waals surface area contributed by atoms with Crippen LogP contribution in [0.2, 0.25) is 0 Å². The van der Waals surface area contributed by atoms with Crippen LogP contribution in [0.1, 0.15) is 41.0 Å². The van der Waals surface area contributed by atoms with Crippen LogP contribution in [0.5, 0.6) is 11.5 Å². The number of nitrogens with two attached hydrogens (primary N) is 1. The Bertz CT molecular complexity index is 631. The maximum absolute atomic E-state index is 12.8. The molecule has 0 saturated carbocycles. The predicted octanol–water partition coefficient (Wildman–Crippen LogP) is 2.53. The molecule has 6 nitrogen and oxygen atoms in total. The van der Waals surface area contributed by atoms with Gasteiger partial charge in [-0.2, -0.15) is 0 Å². The molecule has 0 heterocycles. The van der Waals surface area contributed by atoms with Crippen LogP contribution in [0.3, 0.4) is 0 Å². The Labute approximate surface area is 145 Å². The SMILES string of the molecule is CCOc1ccc(S(=O)(=O)NC(C)(CN)CC(C)C)cc1OCC. The van der Waals surface area contributed by atoms with Crippen molar-refractivity contribution < 1.29 is 17.9 Å². The van der Waals surface area contributed by atoms with Crippen LogP contribution in [0.25, 0.3) is 0 Å². The van der Waals surface area contributed by atoms with Crippen LogP contribution in [0, 0.1) is 5.92 Å². The first-order valence-electron chi connectivity index (χ1n) is 8.31. The standard InChI is InChI=1S/C17H30N2O4S/c1-6-22-15-9-8-14(10-16(15)23-7-2)24(20,21)19-17(5,12-18)11-13(3)4/h8-10,13,19H,6-7,11-12,18H2,1-5H3. The van der Waals surface area contributed by atoms with Crippen molar-refractivity contribution in [3.63, 3.8) is 0 Å². The molecule has 0 aliphatic rings. The third kappa shape index (κ3) is 5.65. The number of ether oxygens (including phenoxy) is 2. The van der Waals surface area contributed by atoms with Crippen LogP contribution in [-0.2, 0) is 10.0 Å². The lowest BCUT2D eigenvalue weighted by Gasteiger charge is -2.30. The lowest BCUT2D eigenvalue weighted by Crippen LogP contribution is -2.51. The first kappa shape index (κ1) is 20.7. The van der Waals surface area contributed by atoms with Gasteiger partial charge in [-0.15, -0.1) is 0 Å². The third-order valence-electron chi connectivity index (χ3n) is 3.52. The van der Waals surface area contributed by atoms with E-state index in [1.165, 1.54) is 12.1 Å². The number of benzene rings is 1. The molecule has 7 heteroatoms. The molecule has 0 radical (unpaired) electrons. The summed E-state index contributed by atoms with van der Waals surface area (Å²) in [6, 6.07) is 4.62. The summed E-state index contributed by atoms with van der Waals surface area (Å²) in [7, 11) is -3.71. The molecule has 1 aromatic rings. The van der Waals surface area contributed by atoms with E-state index in [9.17, 15) is 8.42 Å². The van der Waals surface area contributed by atoms with Gasteiger partial charge in [-0.05, 0) is 45.2 Å². The third-order valence-corrected chi connectivity index (χ3v) is 5.15. The summed E-state index contributed by atoms with van der Waals surface area (Å²) in [5.74, 6) is 1.27. The van der Waals surface area contributed by atoms with E-state index in [-0.39, 0.29) is 11.4 Å². The highest BCUT2D eigenvalue weighted by Gasteiger charge is 2.30. The molecular formula is C17H30N2O4S. The van der Waals surface area contributed by atoms with E-state index >= 15 is 0 Å². The van der Waals surface area contributed by atoms with Crippen molar-refractivity contribution in [2.45, 2.75) is 51.5 Å². The molecule has 24 heavy (non-hydrogen) atoms. The van der Waals surface area contributed by atoms with E-state index in [0.717, 1.165) is 0 Å². The molecule has 3 N–H and O–H groups in total. The molecule has 1 unspecified atom stereocenters. The summed E-state index contributed by atoms with van der Waals surface area (Å²) in [5, 5.41) is 0. The highest BCUT2D eigenvalue weighted by molar-refractivity contribution is 7.89. The molecule has 0 saturated heterocycles. The van der Waals surface area contributed by atoms with Crippen molar-refractivity contribution >= 4 is 10.0 Å². The minimum Gasteiger partial charge on any atom is -0.490 e. The highest BCUT2D eigenvalue weighted by atomic mass is 32.2. The van der Waals surface area contributed by atoms with Gasteiger partial charge in [0, 0.05) is 18.2 Å². The fourth-order valence-corrected chi connectivity index (χ4v) is 4.09. The smallest absolute Gasteiger partial charge is 0.241 e. The second kappa shape index (κ2) is 8.69. The van der Waals surface area contributed by atoms with E-state index in [1.54, 1.807) is 6.07 Å². The van der Waals surface area contributed by atoms with Crippen LogP contribution >= 0.6 is 0 Å². The Morgan fingerprint density at radius 2 is 1.75 bits per heavy atom. The normalized spacial score (nSPS) is 14.5. The second-order valence-corrected chi connectivity index (χ2v) is 8.13. The van der Waals surface area contributed by atoms with E-state index < -0.39 is 15.6 Å². The van der Waals surface area contributed by atoms with Gasteiger partial charge >= 0.3 is 0 Å². The summed E-state index contributed by atoms with van der Waals surface area (Å²) < 4.78 is 39.2. The second-order valence-electron chi connectivity index (χ2n) is 6.44. The van der Waals surface area contributed by atoms with Crippen LogP contribution in [0.15, 0.2) is 23.1 Å². The van der Waals surface area contributed by atoms with Gasteiger partial charge in [-0.3, -0.25) is 0 Å². The summed E-state index contributed by atoms with van der Waals surface area (Å²) >= 11 is 0. The molecule has 0 bridgehead atoms. The Morgan fingerprint density at radius 1 is 1.17 bits per heavy atom. The predicted molar refractivity (Wildman–Crippen MR) is 96.0 cm³/mol. The Balaban J connectivity index is 3.15. The van der Waals surface area contributed by atoms with Crippen molar-refractivity contribution in [2.24, 2.45) is 11.7 Å². The Kier molecular flexibility index (Phi) is 7.51. The number of sulfonamides is 1. The lowest BCUT2D eigenvalue weighted by atomic mass is 9.92. The van der Waals surface area contributed by atoms with E-state index in [2.05, 4.69) is 4.72 Å². The molecule has 0 spiro atoms. The van der Waals surface area contributed by atoms with Gasteiger partial charge in [0.2, 0.25) is 10.0 Å². The average molecular weight is 359 g/mol. The van der Waals surface area contributed by atoms with E-state index in [1.807, 2.05) is 34.6 Å². The van der Waals surface area contributed by atoms with Crippen molar-refractivity contribution in [3.05, 3.63) is 18.2 Å². The summed E-state index contributed by atoms with van der Waals surface area (Å²) in [5.41, 5.74) is 5.11. The topological polar surface area (TPSA) is 90.7 Å². The van der Waals surface area contributed by atoms with Crippen molar-refractivity contribution in [1.29, 1.82) is 0 Å². The van der Waals surface area contributed by atoms with Crippen LogP contribution in [-0.4, -0.2) is 33.7 Å². The van der Waals surface area contributed by atoms with Crippen LogP contribution < -0.4 is 19.9 Å². The summed E-state index contributed by atoms with van der Waals surface area (Å²) in [6.45, 7) is 10.7. The fourth-order valence-electron chi connectivity index (χ4n) is 2.65. The Hall–Kier alpha value is -1.31. The molecule has 0 aliphatic carbocycles. The van der Waals surface area contributed by atoms with Crippen LogP contribution in [0.4, 0.5) is 0 Å². The van der Waals surface area contributed by atoms with Gasteiger partial charge in [0.15, 0.2) is 11.5 Å². The van der Waals surface area contributed by atoms with Crippen molar-refractivity contribution in [2.75, 3.05) is 19.8 Å². The maximum atomic E-state index is 12.8. The van der Waals surface area contributed by atoms with E-state index in [4.69, 9.17) is 15.2 Å². The van der Waals surface area contributed by atoms with Gasteiger partial charge in [0.1, 0.15) is 0 Å². The lowest BCUT2D eigenvalue weighted by molar-refractivity contribution is 0.287. The van der Waals surface area contributed by atoms with Gasteiger partial charge in [0.25, 0.3) is 0 Å². The van der Waals surface area contributed by atoms with Crippen molar-refractivity contribution in [3.8, 4) is 11.5 Å². The fraction of sp³-hybridized carbons (Fsp3) is 0.647. The molecule has 0 aromatic heterocycles. The molecule has 1 aromatic carbocycles. The first-order valence-corrected chi connectivity index (χ1v) is 9.79.